The fourth-order valence-corrected chi connectivity index (χ4v) is 2.55. The smallest absolute Gasteiger partial charge is 0.0385 e. The van der Waals surface area contributed by atoms with Gasteiger partial charge in [0, 0.05) is 0 Å². The Labute approximate surface area is 336 Å². The largest absolute Gasteiger partial charge is 0.0683 e. The van der Waals surface area contributed by atoms with Gasteiger partial charge < -0.3 is 0 Å². The molecule has 0 radical (unpaired) electrons. The fraction of sp³-hybridized carbons (Fsp3) is 1.00. The van der Waals surface area contributed by atoms with Crippen LogP contribution >= 0.6 is 0 Å². The molecule has 0 saturated heterocycles. The summed E-state index contributed by atoms with van der Waals surface area (Å²) in [5, 5.41) is 0. The topological polar surface area (TPSA) is 0 Å². The van der Waals surface area contributed by atoms with Gasteiger partial charge in [-0.25, -0.2) is 0 Å². The monoisotopic (exact) mass is 735 g/mol. The minimum Gasteiger partial charge on any atom is -0.0683 e. The molecule has 0 bridgehead atoms. The molecule has 0 heterocycles. The van der Waals surface area contributed by atoms with E-state index in [9.17, 15) is 0 Å². The molecule has 0 atom stereocenters. The Bertz CT molecular complexity index is 411. The van der Waals surface area contributed by atoms with E-state index in [0.717, 1.165) is 23.7 Å². The van der Waals surface area contributed by atoms with Crippen molar-refractivity contribution in [1.29, 1.82) is 0 Å². The van der Waals surface area contributed by atoms with Crippen molar-refractivity contribution in [2.45, 2.75) is 298 Å². The molecule has 0 heteroatoms. The van der Waals surface area contributed by atoms with Crippen LogP contribution in [0, 0.1) is 39.9 Å². The molecule has 326 valence electrons. The van der Waals surface area contributed by atoms with Crippen LogP contribution in [0.2, 0.25) is 0 Å². The van der Waals surface area contributed by atoms with Gasteiger partial charge in [0.15, 0.2) is 0 Å². The molecular formula is C51H122. The molecule has 0 aromatic heterocycles. The molecule has 0 nitrogen and oxygen atoms in total. The van der Waals surface area contributed by atoms with Gasteiger partial charge in [0.2, 0.25) is 0 Å². The maximum atomic E-state index is 2.34. The first kappa shape index (κ1) is 75.8. The highest BCUT2D eigenvalue weighted by Gasteiger charge is 2.11. The van der Waals surface area contributed by atoms with Crippen LogP contribution in [0.3, 0.4) is 0 Å². The van der Waals surface area contributed by atoms with Gasteiger partial charge in [-0.2, -0.15) is 0 Å². The van der Waals surface area contributed by atoms with Crippen molar-refractivity contribution < 1.29 is 0 Å². The van der Waals surface area contributed by atoms with E-state index in [4.69, 9.17) is 0 Å². The normalized spacial score (nSPS) is 12.9. The van der Waals surface area contributed by atoms with E-state index in [1.807, 2.05) is 41.5 Å². The summed E-state index contributed by atoms with van der Waals surface area (Å²) in [6.07, 6.45) is 19.7. The summed E-state index contributed by atoms with van der Waals surface area (Å²) >= 11 is 0. The van der Waals surface area contributed by atoms with Gasteiger partial charge in [-0.3, -0.25) is 0 Å². The molecule has 2 aliphatic rings. The summed E-state index contributed by atoms with van der Waals surface area (Å²) in [5.41, 5.74) is 1.58. The Balaban J connectivity index is -0.0000000460. The maximum Gasteiger partial charge on any atom is -0.0385 e. The molecule has 0 amide bonds. The third-order valence-corrected chi connectivity index (χ3v) is 6.63. The highest BCUT2D eigenvalue weighted by atomic mass is 14.2. The molecular weight excluding hydrogens is 613 g/mol. The molecule has 2 aliphatic carbocycles. The molecule has 0 N–H and O–H groups in total. The Kier molecular flexibility index (Phi) is 92.2. The second-order valence-electron chi connectivity index (χ2n) is 18.7. The third kappa shape index (κ3) is 200. The summed E-state index contributed by atoms with van der Waals surface area (Å²) in [7, 11) is 0. The number of rotatable bonds is 2. The van der Waals surface area contributed by atoms with Crippen molar-refractivity contribution in [2.24, 2.45) is 39.9 Å². The van der Waals surface area contributed by atoms with E-state index in [1.165, 1.54) is 89.9 Å². The summed E-state index contributed by atoms with van der Waals surface area (Å²) in [4.78, 5) is 0. The zero-order chi connectivity index (χ0) is 43.7. The van der Waals surface area contributed by atoms with Gasteiger partial charge >= 0.3 is 0 Å². The zero-order valence-electron chi connectivity index (χ0n) is 43.7. The highest BCUT2D eigenvalue weighted by molar-refractivity contribution is 4.64. The van der Waals surface area contributed by atoms with Gasteiger partial charge in [-0.15, -0.1) is 0 Å². The zero-order valence-corrected chi connectivity index (χ0v) is 43.7. The predicted octanol–water partition coefficient (Wildman–Crippen LogP) is 21.3. The lowest BCUT2D eigenvalue weighted by atomic mass is 9.94. The fourth-order valence-electron chi connectivity index (χ4n) is 2.55. The second kappa shape index (κ2) is 62.0. The predicted molar refractivity (Wildman–Crippen MR) is 256 cm³/mol. The van der Waals surface area contributed by atoms with Gasteiger partial charge in [0.25, 0.3) is 0 Å². The summed E-state index contributed by atoms with van der Waals surface area (Å²) < 4.78 is 0. The van der Waals surface area contributed by atoms with Gasteiger partial charge in [0.05, 0.1) is 0 Å². The second-order valence-corrected chi connectivity index (χ2v) is 18.7. The minimum absolute atomic E-state index is 0.500. The van der Waals surface area contributed by atoms with E-state index >= 15 is 0 Å². The van der Waals surface area contributed by atoms with Crippen LogP contribution in [-0.2, 0) is 0 Å². The lowest BCUT2D eigenvalue weighted by molar-refractivity contribution is 0.397. The van der Waals surface area contributed by atoms with Crippen LogP contribution in [0.25, 0.3) is 0 Å². The van der Waals surface area contributed by atoms with Crippen LogP contribution in [0.4, 0.5) is 0 Å². The molecule has 2 fully saturated rings. The summed E-state index contributed by atoms with van der Waals surface area (Å²) in [5.74, 6) is 3.86. The van der Waals surface area contributed by atoms with Crippen LogP contribution in [0.1, 0.15) is 298 Å². The highest BCUT2D eigenvalue weighted by Crippen LogP contribution is 2.26. The molecule has 0 unspecified atom stereocenters. The first-order valence-electron chi connectivity index (χ1n) is 23.3. The van der Waals surface area contributed by atoms with E-state index < -0.39 is 0 Å². The Morgan fingerprint density at radius 3 is 0.667 bits per heavy atom. The minimum atomic E-state index is 0.500. The van der Waals surface area contributed by atoms with Crippen LogP contribution in [0.15, 0.2) is 0 Å². The SMILES string of the molecule is CC.CC.CC.CC(C)(C)C.CC(C)C.CC1CCCC1.CCC.CCC.CCC(C)(C)C.CCC(C)(C)C.CCC(C)C.CCC1CCCC1. The summed E-state index contributed by atoms with van der Waals surface area (Å²) in [6.45, 7) is 64.9. The first-order chi connectivity index (χ1) is 23.3. The van der Waals surface area contributed by atoms with E-state index in [1.54, 1.807) is 0 Å². The van der Waals surface area contributed by atoms with Gasteiger partial charge in [-0.1, -0.05) is 298 Å². The van der Waals surface area contributed by atoms with E-state index in [-0.39, 0.29) is 0 Å². The average Bonchev–Trinajstić information content (AvgIpc) is 3.75. The van der Waals surface area contributed by atoms with Crippen molar-refractivity contribution in [3.63, 3.8) is 0 Å². The molecule has 0 aromatic rings. The van der Waals surface area contributed by atoms with Crippen molar-refractivity contribution in [3.05, 3.63) is 0 Å². The van der Waals surface area contributed by atoms with Gasteiger partial charge in [-0.05, 0) is 39.9 Å². The average molecular weight is 736 g/mol. The molecule has 0 aliphatic heterocycles. The quantitative estimate of drug-likeness (QED) is 0.265. The van der Waals surface area contributed by atoms with Crippen LogP contribution in [0.5, 0.6) is 0 Å². The van der Waals surface area contributed by atoms with Crippen molar-refractivity contribution >= 4 is 0 Å². The molecule has 0 aromatic carbocycles. The van der Waals surface area contributed by atoms with Crippen molar-refractivity contribution in [1.82, 2.24) is 0 Å². The Morgan fingerprint density at radius 1 is 0.451 bits per heavy atom. The lowest BCUT2D eigenvalue weighted by Gasteiger charge is -2.12. The van der Waals surface area contributed by atoms with Crippen molar-refractivity contribution in [2.75, 3.05) is 0 Å². The number of hydrogen-bond acceptors (Lipinski definition) is 0. The summed E-state index contributed by atoms with van der Waals surface area (Å²) in [6, 6.07) is 0. The van der Waals surface area contributed by atoms with E-state index in [2.05, 4.69) is 166 Å². The molecule has 2 saturated carbocycles. The molecule has 2 rings (SSSR count). The van der Waals surface area contributed by atoms with Crippen molar-refractivity contribution in [3.8, 4) is 0 Å². The van der Waals surface area contributed by atoms with Crippen LogP contribution < -0.4 is 0 Å². The first-order valence-corrected chi connectivity index (χ1v) is 23.3. The standard InChI is InChI=1S/C7H14.C6H12.2C6H14.2C5H12.C4H10.2C3H8.3C2H6/c1-2-7-5-3-4-6-7;1-6-4-2-3-5-6;2*1-5-6(2,3)4;1-5(2,3)4;1-4-5(2)3;1-4(2)3;2*1-3-2;3*1-2/h7H,2-6H2,1H3;6H,2-5H2,1H3;2*5H2,1-4H3;1-4H3;5H,4H2,1-3H3;4H,1-3H3;2*3H2,1-2H3;3*1-2H3. The third-order valence-electron chi connectivity index (χ3n) is 6.63. The lowest BCUT2D eigenvalue weighted by Crippen LogP contribution is -2.00. The van der Waals surface area contributed by atoms with Gasteiger partial charge in [0.1, 0.15) is 0 Å². The van der Waals surface area contributed by atoms with E-state index in [0.29, 0.717) is 16.2 Å². The molecule has 51 heavy (non-hydrogen) atoms. The number of hydrogen-bond donors (Lipinski definition) is 0. The molecule has 0 spiro atoms. The Hall–Kier alpha value is 0. The Morgan fingerprint density at radius 2 is 0.608 bits per heavy atom. The maximum absolute atomic E-state index is 2.34. The van der Waals surface area contributed by atoms with Crippen LogP contribution in [-0.4, -0.2) is 0 Å².